The van der Waals surface area contributed by atoms with Gasteiger partial charge in [0, 0.05) is 18.8 Å². The number of hydrogen-bond donors (Lipinski definition) is 3. The zero-order chi connectivity index (χ0) is 12.3. The Balaban J connectivity index is 2.26. The van der Waals surface area contributed by atoms with Crippen molar-refractivity contribution in [1.29, 1.82) is 0 Å². The van der Waals surface area contributed by atoms with Gasteiger partial charge in [-0.05, 0) is 24.6 Å². The van der Waals surface area contributed by atoms with Gasteiger partial charge < -0.3 is 16.0 Å². The molecular weight excluding hydrogens is 220 g/mol. The number of nitrogens with one attached hydrogen (secondary N) is 2. The highest BCUT2D eigenvalue weighted by Gasteiger charge is 2.06. The molecule has 0 radical (unpaired) electrons. The SMILES string of the molecule is Nc1ccc2[nH]c(=O)n(CCCNC=O)c2c1. The first-order valence-electron chi connectivity index (χ1n) is 5.37. The van der Waals surface area contributed by atoms with Gasteiger partial charge in [0.05, 0.1) is 11.0 Å². The summed E-state index contributed by atoms with van der Waals surface area (Å²) < 4.78 is 1.62. The fourth-order valence-corrected chi connectivity index (χ4v) is 1.79. The molecule has 0 atom stereocenters. The largest absolute Gasteiger partial charge is 0.399 e. The summed E-state index contributed by atoms with van der Waals surface area (Å²) in [6.07, 6.45) is 1.34. The minimum atomic E-state index is -0.156. The second-order valence-corrected chi connectivity index (χ2v) is 3.78. The zero-order valence-electron chi connectivity index (χ0n) is 9.27. The van der Waals surface area contributed by atoms with Crippen molar-refractivity contribution in [2.45, 2.75) is 13.0 Å². The van der Waals surface area contributed by atoms with Crippen LogP contribution in [0.1, 0.15) is 6.42 Å². The minimum absolute atomic E-state index is 0.156. The van der Waals surface area contributed by atoms with Gasteiger partial charge in [0.25, 0.3) is 0 Å². The molecule has 0 aliphatic rings. The van der Waals surface area contributed by atoms with Crippen LogP contribution in [0.2, 0.25) is 0 Å². The maximum atomic E-state index is 11.7. The number of carbonyl (C=O) groups excluding carboxylic acids is 1. The van der Waals surface area contributed by atoms with E-state index in [1.807, 2.05) is 0 Å². The predicted octanol–water partition coefficient (Wildman–Crippen LogP) is 0.0479. The molecule has 0 spiro atoms. The predicted molar refractivity (Wildman–Crippen MR) is 65.7 cm³/mol. The number of nitrogens with zero attached hydrogens (tertiary/aromatic N) is 1. The number of benzene rings is 1. The average Bonchev–Trinajstić information content (AvgIpc) is 2.61. The number of rotatable bonds is 5. The van der Waals surface area contributed by atoms with E-state index in [4.69, 9.17) is 5.73 Å². The molecule has 4 N–H and O–H groups in total. The maximum Gasteiger partial charge on any atom is 0.326 e. The van der Waals surface area contributed by atoms with Crippen molar-refractivity contribution in [2.24, 2.45) is 0 Å². The third-order valence-corrected chi connectivity index (χ3v) is 2.59. The molecule has 6 heteroatoms. The smallest absolute Gasteiger partial charge is 0.326 e. The monoisotopic (exact) mass is 234 g/mol. The first-order chi connectivity index (χ1) is 8.22. The zero-order valence-corrected chi connectivity index (χ0v) is 9.27. The Labute approximate surface area is 97.4 Å². The van der Waals surface area contributed by atoms with Gasteiger partial charge in [0.2, 0.25) is 6.41 Å². The van der Waals surface area contributed by atoms with E-state index in [2.05, 4.69) is 10.3 Å². The fourth-order valence-electron chi connectivity index (χ4n) is 1.79. The van der Waals surface area contributed by atoms with Crippen LogP contribution < -0.4 is 16.7 Å². The summed E-state index contributed by atoms with van der Waals surface area (Å²) >= 11 is 0. The Morgan fingerprint density at radius 3 is 3.06 bits per heavy atom. The highest BCUT2D eigenvalue weighted by atomic mass is 16.1. The standard InChI is InChI=1S/C11H14N4O2/c12-8-2-3-9-10(6-8)15(11(17)14-9)5-1-4-13-7-16/h2-3,6-7H,1,4-5,12H2,(H,13,16)(H,14,17). The average molecular weight is 234 g/mol. The lowest BCUT2D eigenvalue weighted by Crippen LogP contribution is -2.20. The molecule has 17 heavy (non-hydrogen) atoms. The van der Waals surface area contributed by atoms with Gasteiger partial charge in [-0.1, -0.05) is 0 Å². The van der Waals surface area contributed by atoms with Crippen LogP contribution in [0.25, 0.3) is 11.0 Å². The Morgan fingerprint density at radius 2 is 2.29 bits per heavy atom. The topological polar surface area (TPSA) is 92.9 Å². The van der Waals surface area contributed by atoms with Gasteiger partial charge in [-0.2, -0.15) is 0 Å². The number of aromatic nitrogens is 2. The molecule has 2 aromatic rings. The van der Waals surface area contributed by atoms with Crippen LogP contribution in [0.4, 0.5) is 5.69 Å². The van der Waals surface area contributed by atoms with Gasteiger partial charge in [0.15, 0.2) is 0 Å². The third-order valence-electron chi connectivity index (χ3n) is 2.59. The first-order valence-corrected chi connectivity index (χ1v) is 5.37. The molecule has 0 saturated carbocycles. The Morgan fingerprint density at radius 1 is 1.47 bits per heavy atom. The van der Waals surface area contributed by atoms with Gasteiger partial charge in [-0.15, -0.1) is 0 Å². The molecule has 0 saturated heterocycles. The van der Waals surface area contributed by atoms with Crippen molar-refractivity contribution in [2.75, 3.05) is 12.3 Å². The molecule has 1 aromatic heterocycles. The van der Waals surface area contributed by atoms with Gasteiger partial charge in [-0.25, -0.2) is 4.79 Å². The van der Waals surface area contributed by atoms with Crippen molar-refractivity contribution >= 4 is 23.1 Å². The van der Waals surface area contributed by atoms with Crippen LogP contribution in [-0.4, -0.2) is 22.5 Å². The van der Waals surface area contributed by atoms with E-state index < -0.39 is 0 Å². The van der Waals surface area contributed by atoms with Crippen molar-refractivity contribution < 1.29 is 4.79 Å². The molecule has 0 aliphatic heterocycles. The van der Waals surface area contributed by atoms with Crippen LogP contribution in [0.15, 0.2) is 23.0 Å². The molecule has 0 aliphatic carbocycles. The molecule has 1 amide bonds. The van der Waals surface area contributed by atoms with Gasteiger partial charge in [0.1, 0.15) is 0 Å². The number of nitrogens with two attached hydrogens (primary N) is 1. The summed E-state index contributed by atoms with van der Waals surface area (Å²) in [4.78, 5) is 24.5. The van der Waals surface area contributed by atoms with Crippen LogP contribution in [0.5, 0.6) is 0 Å². The molecule has 0 unspecified atom stereocenters. The molecule has 1 heterocycles. The maximum absolute atomic E-state index is 11.7. The Hall–Kier alpha value is -2.24. The van der Waals surface area contributed by atoms with Crippen LogP contribution >= 0.6 is 0 Å². The number of hydrogen-bond acceptors (Lipinski definition) is 3. The third kappa shape index (κ3) is 2.30. The van der Waals surface area contributed by atoms with E-state index in [-0.39, 0.29) is 5.69 Å². The lowest BCUT2D eigenvalue weighted by molar-refractivity contribution is -0.109. The molecule has 6 nitrogen and oxygen atoms in total. The van der Waals surface area contributed by atoms with E-state index in [1.54, 1.807) is 22.8 Å². The number of imidazole rings is 1. The van der Waals surface area contributed by atoms with Crippen molar-refractivity contribution in [3.63, 3.8) is 0 Å². The van der Waals surface area contributed by atoms with E-state index in [0.29, 0.717) is 31.6 Å². The van der Waals surface area contributed by atoms with Gasteiger partial charge >= 0.3 is 5.69 Å². The summed E-state index contributed by atoms with van der Waals surface area (Å²) in [5, 5.41) is 2.56. The summed E-state index contributed by atoms with van der Waals surface area (Å²) in [6.45, 7) is 1.09. The minimum Gasteiger partial charge on any atom is -0.399 e. The molecule has 1 aromatic carbocycles. The lowest BCUT2D eigenvalue weighted by Gasteiger charge is -2.03. The summed E-state index contributed by atoms with van der Waals surface area (Å²) in [7, 11) is 0. The number of aryl methyl sites for hydroxylation is 1. The van der Waals surface area contributed by atoms with E-state index >= 15 is 0 Å². The second-order valence-electron chi connectivity index (χ2n) is 3.78. The highest BCUT2D eigenvalue weighted by Crippen LogP contribution is 2.14. The van der Waals surface area contributed by atoms with Gasteiger partial charge in [-0.3, -0.25) is 9.36 Å². The molecule has 0 fully saturated rings. The first kappa shape index (κ1) is 11.3. The number of fused-ring (bicyclic) bond motifs is 1. The van der Waals surface area contributed by atoms with Crippen molar-refractivity contribution in [3.05, 3.63) is 28.7 Å². The number of H-pyrrole nitrogens is 1. The van der Waals surface area contributed by atoms with Crippen molar-refractivity contribution in [3.8, 4) is 0 Å². The quantitative estimate of drug-likeness (QED) is 0.387. The van der Waals surface area contributed by atoms with E-state index in [9.17, 15) is 9.59 Å². The normalized spacial score (nSPS) is 10.6. The molecular formula is C11H14N4O2. The molecule has 90 valence electrons. The summed E-state index contributed by atoms with van der Waals surface area (Å²) in [5.74, 6) is 0. The van der Waals surface area contributed by atoms with Crippen LogP contribution in [-0.2, 0) is 11.3 Å². The second kappa shape index (κ2) is 4.73. The number of nitrogen functional groups attached to an aromatic ring is 1. The molecule has 0 bridgehead atoms. The van der Waals surface area contributed by atoms with Crippen molar-refractivity contribution in [1.82, 2.24) is 14.9 Å². The summed E-state index contributed by atoms with van der Waals surface area (Å²) in [5.41, 5.74) is 7.72. The number of carbonyl (C=O) groups is 1. The van der Waals surface area contributed by atoms with E-state index in [0.717, 1.165) is 11.0 Å². The fraction of sp³-hybridized carbons (Fsp3) is 0.273. The summed E-state index contributed by atoms with van der Waals surface area (Å²) in [6, 6.07) is 5.29. The van der Waals surface area contributed by atoms with E-state index in [1.165, 1.54) is 0 Å². The van der Waals surface area contributed by atoms with Crippen LogP contribution in [0.3, 0.4) is 0 Å². The lowest BCUT2D eigenvalue weighted by atomic mass is 10.3. The number of aromatic amines is 1. The van der Waals surface area contributed by atoms with Crippen LogP contribution in [0, 0.1) is 0 Å². The molecule has 2 rings (SSSR count). The highest BCUT2D eigenvalue weighted by molar-refractivity contribution is 5.78. The Bertz CT molecular complexity index is 585. The number of anilines is 1. The number of amides is 1. The Kier molecular flexibility index (Phi) is 3.13.